The number of amides is 3. The first-order valence-electron chi connectivity index (χ1n) is 11.9. The van der Waals surface area contributed by atoms with E-state index < -0.39 is 0 Å². The van der Waals surface area contributed by atoms with Crippen molar-refractivity contribution in [2.24, 2.45) is 0 Å². The van der Waals surface area contributed by atoms with E-state index in [9.17, 15) is 19.2 Å². The molecule has 2 aromatic rings. The highest BCUT2D eigenvalue weighted by atomic mass is 32.2. The number of carbonyl (C=O) groups excluding carboxylic acids is 4. The summed E-state index contributed by atoms with van der Waals surface area (Å²) >= 11 is 2.93. The van der Waals surface area contributed by atoms with Crippen LogP contribution >= 0.6 is 23.1 Å². The highest BCUT2D eigenvalue weighted by Crippen LogP contribution is 2.49. The lowest BCUT2D eigenvalue weighted by Crippen LogP contribution is -2.47. The topological polar surface area (TPSA) is 122 Å². The maximum absolute atomic E-state index is 13.7. The SMILES string of the molecule is CCNC(=O)Nc1sc2c(c1C(=O)N1CCC3(CC1)CC(=O)c1cc(N)ccc1S3)CCCC2=O. The summed E-state index contributed by atoms with van der Waals surface area (Å²) in [6, 6.07) is 5.10. The molecule has 0 radical (unpaired) electrons. The Labute approximate surface area is 212 Å². The van der Waals surface area contributed by atoms with E-state index >= 15 is 0 Å². The van der Waals surface area contributed by atoms with Gasteiger partial charge in [-0.05, 0) is 56.4 Å². The van der Waals surface area contributed by atoms with E-state index in [0.29, 0.717) is 84.9 Å². The average Bonchev–Trinajstić information content (AvgIpc) is 3.19. The molecular formula is C25H28N4O4S2. The summed E-state index contributed by atoms with van der Waals surface area (Å²) in [5.41, 5.74) is 8.36. The number of anilines is 2. The maximum Gasteiger partial charge on any atom is 0.319 e. The van der Waals surface area contributed by atoms with E-state index in [1.165, 1.54) is 11.3 Å². The van der Waals surface area contributed by atoms with Crippen molar-refractivity contribution in [1.29, 1.82) is 0 Å². The van der Waals surface area contributed by atoms with Gasteiger partial charge in [-0.15, -0.1) is 23.1 Å². The number of piperidine rings is 1. The number of nitrogens with two attached hydrogens (primary N) is 1. The number of carbonyl (C=O) groups is 4. The van der Waals surface area contributed by atoms with Crippen LogP contribution in [0.15, 0.2) is 23.1 Å². The number of nitrogen functional groups attached to an aromatic ring is 1. The summed E-state index contributed by atoms with van der Waals surface area (Å²) < 4.78 is -0.233. The lowest BCUT2D eigenvalue weighted by molar-refractivity contribution is 0.0696. The van der Waals surface area contributed by atoms with Crippen LogP contribution in [0.5, 0.6) is 0 Å². The van der Waals surface area contributed by atoms with Crippen LogP contribution in [0.3, 0.4) is 0 Å². The second-order valence-corrected chi connectivity index (χ2v) is 11.8. The van der Waals surface area contributed by atoms with E-state index in [4.69, 9.17) is 5.73 Å². The number of rotatable bonds is 3. The first-order chi connectivity index (χ1) is 16.8. The Morgan fingerprint density at radius 1 is 1.14 bits per heavy atom. The quantitative estimate of drug-likeness (QED) is 0.526. The first kappa shape index (κ1) is 23.9. The fourth-order valence-electron chi connectivity index (χ4n) is 5.16. The van der Waals surface area contributed by atoms with E-state index in [0.717, 1.165) is 10.5 Å². The highest BCUT2D eigenvalue weighted by Gasteiger charge is 2.43. The Hall–Kier alpha value is -2.85. The zero-order valence-electron chi connectivity index (χ0n) is 19.6. The molecule has 3 amide bonds. The Bertz CT molecular complexity index is 1230. The fourth-order valence-corrected chi connectivity index (χ4v) is 7.84. The van der Waals surface area contributed by atoms with Crippen molar-refractivity contribution in [3.8, 4) is 0 Å². The average molecular weight is 513 g/mol. The molecule has 10 heteroatoms. The zero-order chi connectivity index (χ0) is 24.7. The summed E-state index contributed by atoms with van der Waals surface area (Å²) in [6.45, 7) is 3.31. The van der Waals surface area contributed by atoms with Crippen LogP contribution < -0.4 is 16.4 Å². The summed E-state index contributed by atoms with van der Waals surface area (Å²) in [6.07, 6.45) is 3.65. The van der Waals surface area contributed by atoms with Gasteiger partial charge in [0, 0.05) is 53.4 Å². The second kappa shape index (κ2) is 9.31. The number of nitrogens with one attached hydrogen (secondary N) is 2. The van der Waals surface area contributed by atoms with Gasteiger partial charge in [0.1, 0.15) is 5.00 Å². The molecule has 8 nitrogen and oxygen atoms in total. The molecule has 1 saturated heterocycles. The van der Waals surface area contributed by atoms with Crippen LogP contribution in [0.2, 0.25) is 0 Å². The van der Waals surface area contributed by atoms with E-state index in [2.05, 4.69) is 10.6 Å². The number of ketones is 2. The van der Waals surface area contributed by atoms with Gasteiger partial charge in [0.15, 0.2) is 11.6 Å². The third kappa shape index (κ3) is 4.45. The minimum absolute atomic E-state index is 0.0308. The van der Waals surface area contributed by atoms with Crippen molar-refractivity contribution in [2.75, 3.05) is 30.7 Å². The number of thiophene rings is 1. The van der Waals surface area contributed by atoms with Crippen molar-refractivity contribution in [3.05, 3.63) is 39.8 Å². The molecule has 0 bridgehead atoms. The number of benzene rings is 1. The molecule has 1 aromatic carbocycles. The Morgan fingerprint density at radius 3 is 2.66 bits per heavy atom. The van der Waals surface area contributed by atoms with E-state index in [1.54, 1.807) is 22.7 Å². The standard InChI is InChI=1S/C25H28N4O4S2/c1-2-27-24(33)28-22-20(15-4-3-5-17(30)21(15)34-22)23(32)29-10-8-25(9-11-29)13-18(31)16-12-14(26)6-7-19(16)35-25/h6-7,12H,2-5,8-11,13,26H2,1H3,(H2,27,28,33). The maximum atomic E-state index is 13.7. The van der Waals surface area contributed by atoms with Crippen LogP contribution in [-0.4, -0.2) is 52.8 Å². The number of Topliss-reactive ketones (excluding diaryl/α,β-unsaturated/α-hetero) is 2. The minimum Gasteiger partial charge on any atom is -0.399 e. The smallest absolute Gasteiger partial charge is 0.319 e. The molecule has 1 spiro atoms. The number of urea groups is 1. The van der Waals surface area contributed by atoms with Crippen molar-refractivity contribution < 1.29 is 19.2 Å². The molecule has 3 aliphatic rings. The molecule has 2 aliphatic heterocycles. The Kier molecular flexibility index (Phi) is 6.35. The molecular weight excluding hydrogens is 484 g/mol. The third-order valence-corrected chi connectivity index (χ3v) is 9.69. The van der Waals surface area contributed by atoms with Crippen LogP contribution in [-0.2, 0) is 6.42 Å². The predicted molar refractivity (Wildman–Crippen MR) is 138 cm³/mol. The number of thioether (sulfide) groups is 1. The molecule has 0 atom stereocenters. The number of hydrogen-bond donors (Lipinski definition) is 3. The van der Waals surface area contributed by atoms with Crippen LogP contribution in [0, 0.1) is 0 Å². The predicted octanol–water partition coefficient (Wildman–Crippen LogP) is 4.34. The van der Waals surface area contributed by atoms with Gasteiger partial charge < -0.3 is 16.0 Å². The molecule has 4 N–H and O–H groups in total. The fraction of sp³-hybridized carbons (Fsp3) is 0.440. The molecule has 35 heavy (non-hydrogen) atoms. The van der Waals surface area contributed by atoms with Gasteiger partial charge in [0.05, 0.1) is 10.4 Å². The van der Waals surface area contributed by atoms with Gasteiger partial charge in [-0.2, -0.15) is 0 Å². The molecule has 1 fully saturated rings. The van der Waals surface area contributed by atoms with Gasteiger partial charge in [-0.25, -0.2) is 4.79 Å². The van der Waals surface area contributed by atoms with E-state index in [-0.39, 0.29) is 28.3 Å². The molecule has 5 rings (SSSR count). The van der Waals surface area contributed by atoms with Crippen molar-refractivity contribution in [3.63, 3.8) is 0 Å². The largest absolute Gasteiger partial charge is 0.399 e. The monoisotopic (exact) mass is 512 g/mol. The van der Waals surface area contributed by atoms with Gasteiger partial charge in [-0.1, -0.05) is 0 Å². The second-order valence-electron chi connectivity index (χ2n) is 9.31. The summed E-state index contributed by atoms with van der Waals surface area (Å²) in [5.74, 6) is -0.0212. The molecule has 1 aliphatic carbocycles. The van der Waals surface area contributed by atoms with Crippen LogP contribution in [0.4, 0.5) is 15.5 Å². The Morgan fingerprint density at radius 2 is 1.91 bits per heavy atom. The van der Waals surface area contributed by atoms with Gasteiger partial charge in [0.25, 0.3) is 5.91 Å². The van der Waals surface area contributed by atoms with Crippen molar-refractivity contribution >= 4 is 57.3 Å². The zero-order valence-corrected chi connectivity index (χ0v) is 21.2. The highest BCUT2D eigenvalue weighted by molar-refractivity contribution is 8.01. The van der Waals surface area contributed by atoms with Gasteiger partial charge in [0.2, 0.25) is 0 Å². The van der Waals surface area contributed by atoms with Crippen LogP contribution in [0.1, 0.15) is 75.0 Å². The lowest BCUT2D eigenvalue weighted by Gasteiger charge is -2.43. The number of fused-ring (bicyclic) bond motifs is 2. The summed E-state index contributed by atoms with van der Waals surface area (Å²) in [4.78, 5) is 54.7. The molecule has 3 heterocycles. The van der Waals surface area contributed by atoms with Gasteiger partial charge in [-0.3, -0.25) is 19.7 Å². The number of nitrogens with zero attached hydrogens (tertiary/aromatic N) is 1. The molecule has 0 saturated carbocycles. The number of hydrogen-bond acceptors (Lipinski definition) is 7. The normalized spacial score (nSPS) is 18.7. The Balaban J connectivity index is 1.37. The molecule has 1 aromatic heterocycles. The minimum atomic E-state index is -0.387. The lowest BCUT2D eigenvalue weighted by atomic mass is 9.87. The molecule has 184 valence electrons. The first-order valence-corrected chi connectivity index (χ1v) is 13.6. The summed E-state index contributed by atoms with van der Waals surface area (Å²) in [7, 11) is 0. The number of likely N-dealkylation sites (tertiary alicyclic amines) is 1. The van der Waals surface area contributed by atoms with Gasteiger partial charge >= 0.3 is 6.03 Å². The molecule has 0 unspecified atom stereocenters. The van der Waals surface area contributed by atoms with E-state index in [1.807, 2.05) is 19.1 Å². The van der Waals surface area contributed by atoms with Crippen LogP contribution in [0.25, 0.3) is 0 Å². The van der Waals surface area contributed by atoms with Crippen molar-refractivity contribution in [1.82, 2.24) is 10.2 Å². The summed E-state index contributed by atoms with van der Waals surface area (Å²) in [5, 5.41) is 5.93. The van der Waals surface area contributed by atoms with Crippen molar-refractivity contribution in [2.45, 2.75) is 55.1 Å². The third-order valence-electron chi connectivity index (χ3n) is 6.94.